The molecule has 2 saturated carbocycles. The number of hydrogen-bond donors (Lipinski definition) is 2. The van der Waals surface area contributed by atoms with Gasteiger partial charge in [0.2, 0.25) is 0 Å². The van der Waals surface area contributed by atoms with Crippen LogP contribution in [0, 0.1) is 35.5 Å². The van der Waals surface area contributed by atoms with Crippen molar-refractivity contribution >= 4 is 0 Å². The van der Waals surface area contributed by atoms with E-state index in [0.717, 1.165) is 0 Å². The molecule has 2 aromatic carbocycles. The van der Waals surface area contributed by atoms with Gasteiger partial charge in [-0.2, -0.15) is 0 Å². The van der Waals surface area contributed by atoms with Gasteiger partial charge in [0.1, 0.15) is 0 Å². The van der Waals surface area contributed by atoms with Crippen molar-refractivity contribution in [1.29, 1.82) is 0 Å². The molecule has 4 bridgehead atoms. The molecule has 2 aromatic rings. The zero-order valence-corrected chi connectivity index (χ0v) is 15.7. The summed E-state index contributed by atoms with van der Waals surface area (Å²) in [5, 5.41) is 20.2. The fourth-order valence-corrected chi connectivity index (χ4v) is 8.81. The SMILES string of the molecule is OCC1[C@@H]2[C@H]1[C@@H]1C3=C([C@@H]4c5ccccc5[C@H]3[C@@H]3C(CO)[C@@H]34)[C@H]2c2ccccc21. The summed E-state index contributed by atoms with van der Waals surface area (Å²) < 4.78 is 0. The van der Waals surface area contributed by atoms with E-state index in [1.54, 1.807) is 33.4 Å². The summed E-state index contributed by atoms with van der Waals surface area (Å²) in [5.74, 6) is 5.50. The molecule has 8 aliphatic rings. The Hall–Kier alpha value is -1.90. The highest BCUT2D eigenvalue weighted by molar-refractivity contribution is 5.67. The van der Waals surface area contributed by atoms with Gasteiger partial charge in [-0.05, 0) is 57.8 Å². The fraction of sp³-hybridized carbons (Fsp3) is 0.462. The van der Waals surface area contributed by atoms with E-state index in [0.29, 0.717) is 72.4 Å². The van der Waals surface area contributed by atoms with Crippen molar-refractivity contribution in [2.45, 2.75) is 23.7 Å². The molecule has 0 spiro atoms. The van der Waals surface area contributed by atoms with E-state index in [4.69, 9.17) is 0 Å². The van der Waals surface area contributed by atoms with Crippen molar-refractivity contribution < 1.29 is 10.2 Å². The average molecular weight is 368 g/mol. The van der Waals surface area contributed by atoms with E-state index in [-0.39, 0.29) is 0 Å². The number of allylic oxidation sites excluding steroid dienone is 2. The number of hydrogen-bond acceptors (Lipinski definition) is 2. The highest BCUT2D eigenvalue weighted by Crippen LogP contribution is 2.82. The normalized spacial score (nSPS) is 47.1. The Bertz CT molecular complexity index is 920. The molecule has 0 heterocycles. The smallest absolute Gasteiger partial charge is 0.0465 e. The molecule has 2 heteroatoms. The van der Waals surface area contributed by atoms with Gasteiger partial charge in [0.15, 0.2) is 0 Å². The average Bonchev–Trinajstić information content (AvgIpc) is 3.66. The Morgan fingerprint density at radius 2 is 0.786 bits per heavy atom. The summed E-state index contributed by atoms with van der Waals surface area (Å²) in [5.41, 5.74) is 9.64. The predicted molar refractivity (Wildman–Crippen MR) is 106 cm³/mol. The molecule has 0 aliphatic heterocycles. The third kappa shape index (κ3) is 1.39. The van der Waals surface area contributed by atoms with Crippen molar-refractivity contribution in [2.24, 2.45) is 35.5 Å². The van der Waals surface area contributed by atoms with Gasteiger partial charge < -0.3 is 10.2 Å². The van der Waals surface area contributed by atoms with E-state index in [1.807, 2.05) is 0 Å². The quantitative estimate of drug-likeness (QED) is 0.792. The molecule has 0 radical (unpaired) electrons. The van der Waals surface area contributed by atoms with Crippen molar-refractivity contribution in [1.82, 2.24) is 0 Å². The summed E-state index contributed by atoms with van der Waals surface area (Å²) >= 11 is 0. The van der Waals surface area contributed by atoms with Crippen LogP contribution in [0.25, 0.3) is 0 Å². The van der Waals surface area contributed by atoms with Gasteiger partial charge in [-0.15, -0.1) is 0 Å². The zero-order valence-electron chi connectivity index (χ0n) is 15.7. The van der Waals surface area contributed by atoms with Gasteiger partial charge in [-0.1, -0.05) is 59.7 Å². The standard InChI is InChI=1S/C26H24O2/c27-9-15-21-17-11-5-1-2-6-12(11)18(22(15)21)26-20-14-8-4-3-7-13(14)19(25(17)26)23-16(10-28)24(20)23/h1-8,15-24,27-28H,9-10H2/t15?,16?,17-,18+,19+,20-,21-,22+,23+,24-. The van der Waals surface area contributed by atoms with Crippen LogP contribution in [0.4, 0.5) is 0 Å². The Morgan fingerprint density at radius 1 is 0.500 bits per heavy atom. The molecule has 10 atom stereocenters. The number of benzene rings is 2. The molecular weight excluding hydrogens is 344 g/mol. The Labute approximate surface area is 164 Å². The number of aliphatic hydroxyl groups excluding tert-OH is 2. The van der Waals surface area contributed by atoms with Crippen molar-refractivity contribution in [3.63, 3.8) is 0 Å². The Balaban J connectivity index is 1.41. The molecule has 2 unspecified atom stereocenters. The molecule has 140 valence electrons. The summed E-state index contributed by atoms with van der Waals surface area (Å²) in [6.45, 7) is 0.677. The second-order valence-electron chi connectivity index (χ2n) is 10.1. The summed E-state index contributed by atoms with van der Waals surface area (Å²) in [6.07, 6.45) is 0. The molecule has 0 amide bonds. The van der Waals surface area contributed by atoms with Crippen molar-refractivity contribution in [2.75, 3.05) is 13.2 Å². The molecule has 2 nitrogen and oxygen atoms in total. The lowest BCUT2D eigenvalue weighted by Crippen LogP contribution is -2.39. The van der Waals surface area contributed by atoms with Crippen LogP contribution in [0.3, 0.4) is 0 Å². The van der Waals surface area contributed by atoms with Crippen LogP contribution >= 0.6 is 0 Å². The van der Waals surface area contributed by atoms with Gasteiger partial charge in [-0.3, -0.25) is 0 Å². The van der Waals surface area contributed by atoms with E-state index < -0.39 is 0 Å². The predicted octanol–water partition coefficient (Wildman–Crippen LogP) is 3.78. The van der Waals surface area contributed by atoms with E-state index in [2.05, 4.69) is 48.5 Å². The minimum absolute atomic E-state index is 0.339. The molecule has 2 fully saturated rings. The second kappa shape index (κ2) is 4.63. The Kier molecular flexibility index (Phi) is 2.48. The van der Waals surface area contributed by atoms with Gasteiger partial charge in [0.05, 0.1) is 0 Å². The highest BCUT2D eigenvalue weighted by Gasteiger charge is 2.74. The lowest BCUT2D eigenvalue weighted by molar-refractivity contribution is 0.260. The molecular formula is C26H24O2. The first kappa shape index (κ1) is 15.0. The topological polar surface area (TPSA) is 40.5 Å². The van der Waals surface area contributed by atoms with Crippen LogP contribution in [-0.2, 0) is 0 Å². The van der Waals surface area contributed by atoms with Crippen LogP contribution in [0.15, 0.2) is 59.7 Å². The van der Waals surface area contributed by atoms with Crippen LogP contribution in [0.5, 0.6) is 0 Å². The zero-order chi connectivity index (χ0) is 18.3. The number of aliphatic hydroxyl groups is 2. The minimum atomic E-state index is 0.339. The first-order valence-electron chi connectivity index (χ1n) is 11.0. The third-order valence-electron chi connectivity index (χ3n) is 9.55. The molecule has 28 heavy (non-hydrogen) atoms. The highest BCUT2D eigenvalue weighted by atomic mass is 16.3. The van der Waals surface area contributed by atoms with Gasteiger partial charge in [-0.25, -0.2) is 0 Å². The first-order chi connectivity index (χ1) is 13.9. The van der Waals surface area contributed by atoms with Crippen molar-refractivity contribution in [3.8, 4) is 0 Å². The molecule has 2 N–H and O–H groups in total. The van der Waals surface area contributed by atoms with Gasteiger partial charge in [0, 0.05) is 36.9 Å². The van der Waals surface area contributed by atoms with Gasteiger partial charge >= 0.3 is 0 Å². The minimum Gasteiger partial charge on any atom is -0.396 e. The lowest BCUT2D eigenvalue weighted by Gasteiger charge is -2.53. The molecule has 8 aliphatic carbocycles. The maximum Gasteiger partial charge on any atom is 0.0465 e. The molecule has 10 rings (SSSR count). The monoisotopic (exact) mass is 368 g/mol. The maximum atomic E-state index is 10.1. The van der Waals surface area contributed by atoms with Crippen LogP contribution < -0.4 is 0 Å². The van der Waals surface area contributed by atoms with E-state index in [9.17, 15) is 10.2 Å². The van der Waals surface area contributed by atoms with Crippen LogP contribution in [0.1, 0.15) is 45.9 Å². The van der Waals surface area contributed by atoms with E-state index in [1.165, 1.54) is 0 Å². The van der Waals surface area contributed by atoms with E-state index >= 15 is 0 Å². The maximum absolute atomic E-state index is 10.1. The summed E-state index contributed by atoms with van der Waals surface area (Å²) in [6, 6.07) is 18.3. The lowest BCUT2D eigenvalue weighted by atomic mass is 9.51. The summed E-state index contributed by atoms with van der Waals surface area (Å²) in [4.78, 5) is 0. The summed E-state index contributed by atoms with van der Waals surface area (Å²) in [7, 11) is 0. The largest absolute Gasteiger partial charge is 0.396 e. The second-order valence-corrected chi connectivity index (χ2v) is 10.1. The van der Waals surface area contributed by atoms with Gasteiger partial charge in [0.25, 0.3) is 0 Å². The first-order valence-corrected chi connectivity index (χ1v) is 11.0. The fourth-order valence-electron chi connectivity index (χ4n) is 8.81. The molecule has 0 aromatic heterocycles. The van der Waals surface area contributed by atoms with Crippen LogP contribution in [0.2, 0.25) is 0 Å². The van der Waals surface area contributed by atoms with Crippen molar-refractivity contribution in [3.05, 3.63) is 81.9 Å². The number of rotatable bonds is 2. The Morgan fingerprint density at radius 3 is 1.04 bits per heavy atom. The molecule has 0 saturated heterocycles. The van der Waals surface area contributed by atoms with Crippen LogP contribution in [-0.4, -0.2) is 23.4 Å². The third-order valence-corrected chi connectivity index (χ3v) is 9.55.